The van der Waals surface area contributed by atoms with E-state index >= 15 is 0 Å². The zero-order valence-corrected chi connectivity index (χ0v) is 23.7. The van der Waals surface area contributed by atoms with Gasteiger partial charge in [-0.3, -0.25) is 23.9 Å². The molecule has 1 aromatic heterocycles. The molecule has 0 saturated carbocycles. The van der Waals surface area contributed by atoms with Gasteiger partial charge >= 0.3 is 17.6 Å². The smallest absolute Gasteiger partial charge is 0.330 e. The fourth-order valence-electron chi connectivity index (χ4n) is 5.56. The maximum Gasteiger partial charge on any atom is 0.330 e. The Labute approximate surface area is 227 Å². The number of ether oxygens (including phenoxy) is 4. The third-order valence-corrected chi connectivity index (χ3v) is 7.98. The number of nitrogens with one attached hydrogen (secondary N) is 1. The zero-order valence-electron chi connectivity index (χ0n) is 23.7. The first kappa shape index (κ1) is 32.6. The average Bonchev–Trinajstić information content (AvgIpc) is 3.25. The fraction of sp³-hybridized carbons (Fsp3) is 0.769. The second-order valence-corrected chi connectivity index (χ2v) is 10.5. The number of aromatic nitrogens is 2. The summed E-state index contributed by atoms with van der Waals surface area (Å²) < 4.78 is 23.1. The molecule has 0 spiro atoms. The molecule has 0 radical (unpaired) electrons. The van der Waals surface area contributed by atoms with Crippen molar-refractivity contribution in [1.82, 2.24) is 9.55 Å². The Morgan fingerprint density at radius 2 is 1.67 bits per heavy atom. The standard InChI is InChI=1S/C14H24O5.C12H18N2O6/c1-7-14(8(2)3)9(4)12(17-10(5)15)13(19-14)18-11(6)16;1-6-9(18)10(20-12(6,5-15)7(2)16)14-4-3-8(17)13-11(14)19/h8-9,12-13H,7H2,1-6H3;3-4,6-7,9-10,15-16,18H,5H2,1-2H3,(H,13,17,19)/t9-,12+,13?,14+;6-,7-,9+,10+,12-/m00/s1. The van der Waals surface area contributed by atoms with Crippen LogP contribution in [0.4, 0.5) is 0 Å². The van der Waals surface area contributed by atoms with Crippen LogP contribution in [-0.2, 0) is 28.5 Å². The Bertz CT molecular complexity index is 1120. The molecule has 0 aromatic carbocycles. The number of hydrogen-bond donors (Lipinski definition) is 4. The number of carbonyl (C=O) groups excluding carboxylic acids is 2. The third-order valence-electron chi connectivity index (χ3n) is 7.98. The van der Waals surface area contributed by atoms with E-state index in [9.17, 15) is 34.5 Å². The molecule has 0 amide bonds. The molecule has 222 valence electrons. The number of rotatable bonds is 7. The van der Waals surface area contributed by atoms with Gasteiger partial charge in [-0.2, -0.15) is 0 Å². The molecule has 0 bridgehead atoms. The Morgan fingerprint density at radius 1 is 1.08 bits per heavy atom. The molecule has 3 heterocycles. The van der Waals surface area contributed by atoms with Gasteiger partial charge in [0.1, 0.15) is 11.7 Å². The Balaban J connectivity index is 0.000000274. The van der Waals surface area contributed by atoms with E-state index in [1.54, 1.807) is 6.92 Å². The van der Waals surface area contributed by atoms with Gasteiger partial charge in [0.05, 0.1) is 18.3 Å². The minimum atomic E-state index is -1.36. The summed E-state index contributed by atoms with van der Waals surface area (Å²) >= 11 is 0. The van der Waals surface area contributed by atoms with Crippen LogP contribution in [0.3, 0.4) is 0 Å². The predicted molar refractivity (Wildman–Crippen MR) is 137 cm³/mol. The van der Waals surface area contributed by atoms with Gasteiger partial charge in [-0.15, -0.1) is 0 Å². The molecule has 1 unspecified atom stereocenters. The lowest BCUT2D eigenvalue weighted by Gasteiger charge is -2.35. The Morgan fingerprint density at radius 3 is 2.08 bits per heavy atom. The van der Waals surface area contributed by atoms with Gasteiger partial charge in [-0.25, -0.2) is 4.79 Å². The van der Waals surface area contributed by atoms with E-state index in [0.29, 0.717) is 0 Å². The third kappa shape index (κ3) is 6.43. The van der Waals surface area contributed by atoms with Crippen molar-refractivity contribution in [2.24, 2.45) is 17.8 Å². The van der Waals surface area contributed by atoms with Crippen LogP contribution in [0.15, 0.2) is 21.9 Å². The maximum absolute atomic E-state index is 11.7. The van der Waals surface area contributed by atoms with Crippen LogP contribution >= 0.6 is 0 Å². The van der Waals surface area contributed by atoms with Crippen LogP contribution < -0.4 is 11.2 Å². The molecule has 4 N–H and O–H groups in total. The molecule has 39 heavy (non-hydrogen) atoms. The molecule has 2 fully saturated rings. The van der Waals surface area contributed by atoms with Crippen molar-refractivity contribution in [3.05, 3.63) is 33.1 Å². The lowest BCUT2D eigenvalue weighted by atomic mass is 9.77. The summed E-state index contributed by atoms with van der Waals surface area (Å²) in [6.45, 7) is 13.3. The van der Waals surface area contributed by atoms with Gasteiger partial charge in [-0.1, -0.05) is 34.6 Å². The summed E-state index contributed by atoms with van der Waals surface area (Å²) in [5.41, 5.74) is -3.09. The number of aliphatic hydroxyl groups is 3. The second-order valence-electron chi connectivity index (χ2n) is 10.5. The number of nitrogens with zero attached hydrogens (tertiary/aromatic N) is 1. The molecule has 9 atom stereocenters. The van der Waals surface area contributed by atoms with E-state index in [-0.39, 0.29) is 11.8 Å². The number of carbonyl (C=O) groups is 2. The van der Waals surface area contributed by atoms with Crippen LogP contribution in [0.25, 0.3) is 0 Å². The van der Waals surface area contributed by atoms with E-state index in [1.165, 1.54) is 27.0 Å². The average molecular weight is 559 g/mol. The van der Waals surface area contributed by atoms with Crippen molar-refractivity contribution in [3.63, 3.8) is 0 Å². The van der Waals surface area contributed by atoms with Gasteiger partial charge in [0.25, 0.3) is 5.56 Å². The van der Waals surface area contributed by atoms with Crippen LogP contribution in [0.1, 0.15) is 68.0 Å². The van der Waals surface area contributed by atoms with E-state index in [4.69, 9.17) is 18.9 Å². The molecule has 13 nitrogen and oxygen atoms in total. The van der Waals surface area contributed by atoms with Gasteiger partial charge in [0.15, 0.2) is 12.3 Å². The van der Waals surface area contributed by atoms with Crippen LogP contribution in [0.2, 0.25) is 0 Å². The SMILES string of the molecule is CC[C@]1(C(C)C)OC(OC(C)=O)[C@H](OC(C)=O)[C@@H]1C.C[C@H](O)[C@@]1(CO)O[C@@H](n2ccc(=O)[nH]c2=O)[C@H](O)[C@@H]1C. The first-order valence-electron chi connectivity index (χ1n) is 13.1. The molecule has 0 aliphatic carbocycles. The normalized spacial score (nSPS) is 34.8. The summed E-state index contributed by atoms with van der Waals surface area (Å²) in [4.78, 5) is 47.2. The number of esters is 2. The van der Waals surface area contributed by atoms with E-state index in [0.717, 1.165) is 17.1 Å². The first-order valence-corrected chi connectivity index (χ1v) is 13.1. The minimum absolute atomic E-state index is 0.0363. The van der Waals surface area contributed by atoms with Gasteiger partial charge in [0.2, 0.25) is 6.29 Å². The number of aromatic amines is 1. The molecule has 1 aromatic rings. The van der Waals surface area contributed by atoms with Crippen molar-refractivity contribution < 1.29 is 43.9 Å². The van der Waals surface area contributed by atoms with Gasteiger partial charge < -0.3 is 34.3 Å². The monoisotopic (exact) mass is 558 g/mol. The fourth-order valence-corrected chi connectivity index (χ4v) is 5.56. The zero-order chi connectivity index (χ0) is 29.9. The van der Waals surface area contributed by atoms with Crippen molar-refractivity contribution in [2.45, 2.75) is 104 Å². The maximum atomic E-state index is 11.7. The summed E-state index contributed by atoms with van der Waals surface area (Å²) in [7, 11) is 0. The van der Waals surface area contributed by atoms with Crippen molar-refractivity contribution >= 4 is 11.9 Å². The number of aliphatic hydroxyl groups excluding tert-OH is 3. The summed E-state index contributed by atoms with van der Waals surface area (Å²) in [6, 6.07) is 1.13. The van der Waals surface area contributed by atoms with E-state index in [1.807, 2.05) is 13.8 Å². The van der Waals surface area contributed by atoms with Crippen molar-refractivity contribution in [1.29, 1.82) is 0 Å². The van der Waals surface area contributed by atoms with Gasteiger partial charge in [-0.05, 0) is 19.3 Å². The number of H-pyrrole nitrogens is 1. The van der Waals surface area contributed by atoms with E-state index < -0.39 is 77.7 Å². The number of hydrogen-bond acceptors (Lipinski definition) is 11. The summed E-state index contributed by atoms with van der Waals surface area (Å²) in [6.07, 6.45) is -2.64. The Kier molecular flexibility index (Phi) is 10.6. The molecule has 2 aliphatic heterocycles. The van der Waals surface area contributed by atoms with Crippen molar-refractivity contribution in [3.8, 4) is 0 Å². The quantitative estimate of drug-likeness (QED) is 0.340. The molecule has 2 aliphatic rings. The highest BCUT2D eigenvalue weighted by molar-refractivity contribution is 5.67. The van der Waals surface area contributed by atoms with Crippen molar-refractivity contribution in [2.75, 3.05) is 6.61 Å². The minimum Gasteiger partial charge on any atom is -0.455 e. The lowest BCUT2D eigenvalue weighted by molar-refractivity contribution is -0.210. The first-order chi connectivity index (χ1) is 18.1. The van der Waals surface area contributed by atoms with Crippen LogP contribution in [-0.4, -0.2) is 79.2 Å². The molecular formula is C26H42N2O11. The molecule has 2 saturated heterocycles. The highest BCUT2D eigenvalue weighted by Gasteiger charge is 2.57. The van der Waals surface area contributed by atoms with Crippen LogP contribution in [0.5, 0.6) is 0 Å². The highest BCUT2D eigenvalue weighted by Crippen LogP contribution is 2.45. The van der Waals surface area contributed by atoms with Crippen LogP contribution in [0, 0.1) is 17.8 Å². The largest absolute Gasteiger partial charge is 0.455 e. The Hall–Kier alpha value is -2.58. The lowest BCUT2D eigenvalue weighted by Crippen LogP contribution is -2.49. The molecule has 13 heteroatoms. The summed E-state index contributed by atoms with van der Waals surface area (Å²) in [5.74, 6) is -1.24. The molecular weight excluding hydrogens is 516 g/mol. The second kappa shape index (κ2) is 12.7. The summed E-state index contributed by atoms with van der Waals surface area (Å²) in [5, 5.41) is 29.6. The molecule has 3 rings (SSSR count). The predicted octanol–water partition coefficient (Wildman–Crippen LogP) is 0.453. The van der Waals surface area contributed by atoms with E-state index in [2.05, 4.69) is 18.8 Å². The topological polar surface area (TPSA) is 187 Å². The van der Waals surface area contributed by atoms with Gasteiger partial charge in [0, 0.05) is 37.9 Å². The highest BCUT2D eigenvalue weighted by atomic mass is 16.7.